The molecule has 136 valence electrons. The zero-order valence-corrected chi connectivity index (χ0v) is 14.1. The highest BCUT2D eigenvalue weighted by molar-refractivity contribution is 5.66. The third kappa shape index (κ3) is 3.67. The molecule has 1 fully saturated rings. The van der Waals surface area contributed by atoms with Crippen LogP contribution in [-0.2, 0) is 6.42 Å². The largest absolute Gasteiger partial charge is 0.465 e. The van der Waals surface area contributed by atoms with Gasteiger partial charge in [-0.15, -0.1) is 0 Å². The summed E-state index contributed by atoms with van der Waals surface area (Å²) in [5.41, 5.74) is 1.54. The van der Waals surface area contributed by atoms with Gasteiger partial charge in [-0.1, -0.05) is 42.5 Å². The quantitative estimate of drug-likeness (QED) is 0.631. The molecular formula is C19H20N2O5. The molecule has 0 radical (unpaired) electrons. The molecule has 2 aromatic rings. The summed E-state index contributed by atoms with van der Waals surface area (Å²) in [6.45, 7) is 0. The lowest BCUT2D eigenvalue weighted by Crippen LogP contribution is -2.44. The molecule has 26 heavy (non-hydrogen) atoms. The minimum absolute atomic E-state index is 0.00707. The number of rotatable bonds is 5. The smallest absolute Gasteiger partial charge is 0.407 e. The van der Waals surface area contributed by atoms with E-state index in [0.29, 0.717) is 24.8 Å². The van der Waals surface area contributed by atoms with Crippen molar-refractivity contribution >= 4 is 11.8 Å². The zero-order chi connectivity index (χ0) is 18.7. The molecule has 3 rings (SSSR count). The van der Waals surface area contributed by atoms with E-state index in [1.807, 2.05) is 18.2 Å². The Labute approximate surface area is 150 Å². The molecule has 1 saturated heterocycles. The van der Waals surface area contributed by atoms with E-state index in [9.17, 15) is 25.1 Å². The number of nitrogens with zero attached hydrogens (tertiary/aromatic N) is 2. The van der Waals surface area contributed by atoms with E-state index < -0.39 is 23.2 Å². The van der Waals surface area contributed by atoms with Gasteiger partial charge in [0.25, 0.3) is 5.69 Å². The molecular weight excluding hydrogens is 336 g/mol. The van der Waals surface area contributed by atoms with E-state index in [-0.39, 0.29) is 11.7 Å². The number of benzene rings is 2. The summed E-state index contributed by atoms with van der Waals surface area (Å²) in [5, 5.41) is 31.1. The Hall–Kier alpha value is -2.93. The molecule has 0 aromatic heterocycles. The van der Waals surface area contributed by atoms with Crippen LogP contribution in [-0.4, -0.2) is 38.2 Å². The average Bonchev–Trinajstić information content (AvgIpc) is 3.06. The van der Waals surface area contributed by atoms with Crippen molar-refractivity contribution in [3.8, 4) is 0 Å². The number of aliphatic hydroxyl groups excluding tert-OH is 1. The van der Waals surface area contributed by atoms with Gasteiger partial charge in [-0.3, -0.25) is 15.0 Å². The maximum absolute atomic E-state index is 11.8. The van der Waals surface area contributed by atoms with Crippen molar-refractivity contribution < 1.29 is 19.9 Å². The normalized spacial score (nSPS) is 20.7. The Morgan fingerprint density at radius 3 is 2.38 bits per heavy atom. The van der Waals surface area contributed by atoms with Crippen LogP contribution in [0.3, 0.4) is 0 Å². The number of carboxylic acid groups (broad SMARTS) is 1. The second kappa shape index (κ2) is 7.53. The number of hydrogen-bond acceptors (Lipinski definition) is 4. The highest BCUT2D eigenvalue weighted by atomic mass is 16.6. The minimum Gasteiger partial charge on any atom is -0.465 e. The molecule has 0 spiro atoms. The molecule has 0 unspecified atom stereocenters. The van der Waals surface area contributed by atoms with Gasteiger partial charge in [-0.05, 0) is 30.4 Å². The first-order chi connectivity index (χ1) is 12.5. The van der Waals surface area contributed by atoms with Gasteiger partial charge in [0.1, 0.15) is 0 Å². The van der Waals surface area contributed by atoms with Crippen LogP contribution in [0.15, 0.2) is 54.6 Å². The first-order valence-electron chi connectivity index (χ1n) is 8.45. The Bertz CT molecular complexity index is 778. The molecule has 3 atom stereocenters. The predicted octanol–water partition coefficient (Wildman–Crippen LogP) is 3.38. The second-order valence-electron chi connectivity index (χ2n) is 6.47. The molecule has 2 N–H and O–H groups in total. The van der Waals surface area contributed by atoms with Crippen molar-refractivity contribution in [2.24, 2.45) is 0 Å². The van der Waals surface area contributed by atoms with Crippen LogP contribution in [0.5, 0.6) is 0 Å². The third-order valence-corrected chi connectivity index (χ3v) is 4.89. The molecule has 2 aromatic carbocycles. The molecule has 7 heteroatoms. The van der Waals surface area contributed by atoms with E-state index in [2.05, 4.69) is 0 Å². The predicted molar refractivity (Wildman–Crippen MR) is 94.9 cm³/mol. The molecule has 7 nitrogen and oxygen atoms in total. The van der Waals surface area contributed by atoms with Crippen LogP contribution in [0.2, 0.25) is 0 Å². The molecule has 0 bridgehead atoms. The van der Waals surface area contributed by atoms with Crippen molar-refractivity contribution in [3.63, 3.8) is 0 Å². The summed E-state index contributed by atoms with van der Waals surface area (Å²) < 4.78 is 0. The molecule has 1 heterocycles. The van der Waals surface area contributed by atoms with Gasteiger partial charge in [0.05, 0.1) is 17.1 Å². The number of amides is 1. The van der Waals surface area contributed by atoms with E-state index in [1.165, 1.54) is 17.0 Å². The van der Waals surface area contributed by atoms with Crippen LogP contribution in [0.25, 0.3) is 0 Å². The van der Waals surface area contributed by atoms with E-state index in [0.717, 1.165) is 5.56 Å². The van der Waals surface area contributed by atoms with Crippen LogP contribution in [0, 0.1) is 10.1 Å². The van der Waals surface area contributed by atoms with Crippen LogP contribution in [0.4, 0.5) is 10.5 Å². The van der Waals surface area contributed by atoms with Crippen molar-refractivity contribution in [1.82, 2.24) is 4.90 Å². The number of likely N-dealkylation sites (tertiary alicyclic amines) is 1. The SMILES string of the molecule is O=C(O)N1[C@@H](Cc2ccc([N+](=O)[O-])cc2)CC[C@@H]1[C@H](O)c1ccccc1. The summed E-state index contributed by atoms with van der Waals surface area (Å²) in [5.74, 6) is 0. The Balaban J connectivity index is 1.76. The number of aliphatic hydroxyl groups is 1. The van der Waals surface area contributed by atoms with Crippen LogP contribution >= 0.6 is 0 Å². The fourth-order valence-electron chi connectivity index (χ4n) is 3.62. The number of non-ortho nitro benzene ring substituents is 1. The Morgan fingerprint density at radius 2 is 1.81 bits per heavy atom. The maximum Gasteiger partial charge on any atom is 0.407 e. The lowest BCUT2D eigenvalue weighted by molar-refractivity contribution is -0.384. The Morgan fingerprint density at radius 1 is 1.15 bits per heavy atom. The van der Waals surface area contributed by atoms with Crippen LogP contribution in [0.1, 0.15) is 30.1 Å². The average molecular weight is 356 g/mol. The highest BCUT2D eigenvalue weighted by Crippen LogP contribution is 2.34. The van der Waals surface area contributed by atoms with Gasteiger partial charge in [0.15, 0.2) is 0 Å². The summed E-state index contributed by atoms with van der Waals surface area (Å²) >= 11 is 0. The van der Waals surface area contributed by atoms with E-state index in [4.69, 9.17) is 0 Å². The first-order valence-corrected chi connectivity index (χ1v) is 8.45. The molecule has 0 saturated carbocycles. The number of nitro benzene ring substituents is 1. The minimum atomic E-state index is -1.06. The van der Waals surface area contributed by atoms with Gasteiger partial charge in [0, 0.05) is 18.2 Å². The van der Waals surface area contributed by atoms with Gasteiger partial charge < -0.3 is 10.2 Å². The lowest BCUT2D eigenvalue weighted by atomic mass is 10.0. The summed E-state index contributed by atoms with van der Waals surface area (Å²) in [6.07, 6.45) is -0.274. The first kappa shape index (κ1) is 17.9. The van der Waals surface area contributed by atoms with Crippen molar-refractivity contribution in [1.29, 1.82) is 0 Å². The van der Waals surface area contributed by atoms with Crippen LogP contribution < -0.4 is 0 Å². The third-order valence-electron chi connectivity index (χ3n) is 4.89. The van der Waals surface area contributed by atoms with Gasteiger partial charge in [0.2, 0.25) is 0 Å². The summed E-state index contributed by atoms with van der Waals surface area (Å²) in [4.78, 5) is 23.4. The van der Waals surface area contributed by atoms with Crippen molar-refractivity contribution in [3.05, 3.63) is 75.8 Å². The second-order valence-corrected chi connectivity index (χ2v) is 6.47. The Kier molecular flexibility index (Phi) is 5.18. The number of nitro groups is 1. The summed E-state index contributed by atoms with van der Waals surface area (Å²) in [7, 11) is 0. The number of hydrogen-bond donors (Lipinski definition) is 2. The van der Waals surface area contributed by atoms with Gasteiger partial charge >= 0.3 is 6.09 Å². The molecule has 0 aliphatic carbocycles. The van der Waals surface area contributed by atoms with Crippen molar-refractivity contribution in [2.45, 2.75) is 37.5 Å². The zero-order valence-electron chi connectivity index (χ0n) is 14.1. The number of carbonyl (C=O) groups is 1. The van der Waals surface area contributed by atoms with Crippen molar-refractivity contribution in [2.75, 3.05) is 0 Å². The topological polar surface area (TPSA) is 104 Å². The monoisotopic (exact) mass is 356 g/mol. The lowest BCUT2D eigenvalue weighted by Gasteiger charge is -2.31. The molecule has 1 aliphatic heterocycles. The highest BCUT2D eigenvalue weighted by Gasteiger charge is 2.41. The van der Waals surface area contributed by atoms with E-state index >= 15 is 0 Å². The molecule has 1 aliphatic rings. The summed E-state index contributed by atoms with van der Waals surface area (Å²) in [6, 6.07) is 14.4. The maximum atomic E-state index is 11.8. The fraction of sp³-hybridized carbons (Fsp3) is 0.316. The molecule has 1 amide bonds. The van der Waals surface area contributed by atoms with Gasteiger partial charge in [-0.2, -0.15) is 0 Å². The fourth-order valence-corrected chi connectivity index (χ4v) is 3.62. The van der Waals surface area contributed by atoms with Gasteiger partial charge in [-0.25, -0.2) is 4.79 Å². The van der Waals surface area contributed by atoms with E-state index in [1.54, 1.807) is 24.3 Å². The standard InChI is InChI=1S/C19H20N2O5/c22-18(14-4-2-1-3-5-14)17-11-10-16(20(17)19(23)24)12-13-6-8-15(9-7-13)21(25)26/h1-9,16-18,22H,10-12H2,(H,23,24)/t16-,17-,18-/m1/s1.